The highest BCUT2D eigenvalue weighted by Gasteiger charge is 2.34. The number of nitrogens with zero attached hydrogens (tertiary/aromatic N) is 2. The molecule has 1 aliphatic rings. The van der Waals surface area contributed by atoms with E-state index in [4.69, 9.17) is 5.11 Å². The lowest BCUT2D eigenvalue weighted by Crippen LogP contribution is -2.50. The minimum absolute atomic E-state index is 0.155. The third-order valence-corrected chi connectivity index (χ3v) is 4.09. The molecule has 7 nitrogen and oxygen atoms in total. The van der Waals surface area contributed by atoms with E-state index in [9.17, 15) is 24.1 Å². The van der Waals surface area contributed by atoms with Crippen LogP contribution in [0.25, 0.3) is 0 Å². The van der Waals surface area contributed by atoms with Gasteiger partial charge in [0.25, 0.3) is 11.6 Å². The van der Waals surface area contributed by atoms with Gasteiger partial charge in [-0.3, -0.25) is 14.9 Å². The number of carbonyl (C=O) groups excluding carboxylic acids is 1. The molecule has 1 N–H and O–H groups in total. The fourth-order valence-corrected chi connectivity index (χ4v) is 3.04. The Labute approximate surface area is 122 Å². The molecule has 0 radical (unpaired) electrons. The smallest absolute Gasteiger partial charge is 0.327 e. The third kappa shape index (κ3) is 3.13. The maximum absolute atomic E-state index is 13.7. The largest absolute Gasteiger partial charge is 0.480 e. The average Bonchev–Trinajstić information content (AvgIpc) is 2.46. The van der Waals surface area contributed by atoms with Crippen LogP contribution in [0.4, 0.5) is 10.1 Å². The topological polar surface area (TPSA) is 101 Å². The zero-order valence-corrected chi connectivity index (χ0v) is 11.5. The van der Waals surface area contributed by atoms with Crippen LogP contribution in [0.5, 0.6) is 0 Å². The number of nitro groups is 1. The first kappa shape index (κ1) is 15.2. The van der Waals surface area contributed by atoms with Crippen molar-refractivity contribution in [3.63, 3.8) is 0 Å². The van der Waals surface area contributed by atoms with Crippen molar-refractivity contribution in [3.8, 4) is 0 Å². The van der Waals surface area contributed by atoms with Gasteiger partial charge in [-0.2, -0.15) is 11.8 Å². The quantitative estimate of drug-likeness (QED) is 0.668. The Bertz CT molecular complexity index is 609. The van der Waals surface area contributed by atoms with Gasteiger partial charge in [-0.05, 0) is 6.07 Å². The maximum Gasteiger partial charge on any atom is 0.327 e. The van der Waals surface area contributed by atoms with Crippen molar-refractivity contribution < 1.29 is 24.0 Å². The van der Waals surface area contributed by atoms with Crippen LogP contribution in [0.3, 0.4) is 0 Å². The van der Waals surface area contributed by atoms with Gasteiger partial charge in [0.15, 0.2) is 0 Å². The Morgan fingerprint density at radius 3 is 2.81 bits per heavy atom. The summed E-state index contributed by atoms with van der Waals surface area (Å²) in [5, 5.41) is 19.8. The summed E-state index contributed by atoms with van der Waals surface area (Å²) < 4.78 is 13.7. The number of thioether (sulfide) groups is 1. The third-order valence-electron chi connectivity index (χ3n) is 3.07. The molecule has 1 aromatic rings. The van der Waals surface area contributed by atoms with Gasteiger partial charge in [0.2, 0.25) is 0 Å². The maximum atomic E-state index is 13.7. The molecule has 0 aliphatic carbocycles. The van der Waals surface area contributed by atoms with Crippen molar-refractivity contribution in [2.45, 2.75) is 6.04 Å². The van der Waals surface area contributed by atoms with Crippen molar-refractivity contribution >= 4 is 29.3 Å². The monoisotopic (exact) mass is 314 g/mol. The van der Waals surface area contributed by atoms with E-state index in [0.29, 0.717) is 5.75 Å². The van der Waals surface area contributed by atoms with Crippen molar-refractivity contribution in [1.82, 2.24) is 4.90 Å². The highest BCUT2D eigenvalue weighted by Crippen LogP contribution is 2.23. The second-order valence-corrected chi connectivity index (χ2v) is 5.50. The molecule has 0 bridgehead atoms. The standard InChI is InChI=1S/C12H11FN2O5S/c13-9-2-1-7(15(19)20)5-8(9)11(16)14-3-4-21-6-10(14)12(17)18/h1-2,5,10H,3-4,6H2,(H,17,18). The van der Waals surface area contributed by atoms with E-state index in [1.165, 1.54) is 11.8 Å². The van der Waals surface area contributed by atoms with Crippen LogP contribution in [0.15, 0.2) is 18.2 Å². The van der Waals surface area contributed by atoms with E-state index < -0.39 is 39.9 Å². The van der Waals surface area contributed by atoms with E-state index in [-0.39, 0.29) is 12.3 Å². The SMILES string of the molecule is O=C(O)C1CSCCN1C(=O)c1cc([N+](=O)[O-])ccc1F. The molecular formula is C12H11FN2O5S. The van der Waals surface area contributed by atoms with E-state index >= 15 is 0 Å². The Kier molecular flexibility index (Phi) is 4.41. The highest BCUT2D eigenvalue weighted by atomic mass is 32.2. The molecule has 1 unspecified atom stereocenters. The fraction of sp³-hybridized carbons (Fsp3) is 0.333. The minimum atomic E-state index is -1.18. The van der Waals surface area contributed by atoms with Gasteiger partial charge in [-0.15, -0.1) is 0 Å². The molecule has 1 saturated heterocycles. The van der Waals surface area contributed by atoms with Gasteiger partial charge < -0.3 is 10.0 Å². The molecule has 1 fully saturated rings. The number of hydrogen-bond acceptors (Lipinski definition) is 5. The van der Waals surface area contributed by atoms with Gasteiger partial charge in [0.1, 0.15) is 11.9 Å². The Morgan fingerprint density at radius 2 is 2.19 bits per heavy atom. The Hall–Kier alpha value is -2.16. The second kappa shape index (κ2) is 6.08. The molecular weight excluding hydrogens is 303 g/mol. The summed E-state index contributed by atoms with van der Waals surface area (Å²) in [6.45, 7) is 0.155. The first-order valence-electron chi connectivity index (χ1n) is 5.97. The molecule has 0 aromatic heterocycles. The molecule has 2 rings (SSSR count). The lowest BCUT2D eigenvalue weighted by molar-refractivity contribution is -0.384. The first-order valence-corrected chi connectivity index (χ1v) is 7.12. The predicted octanol–water partition coefficient (Wildman–Crippen LogP) is 1.38. The molecule has 1 aromatic carbocycles. The molecule has 21 heavy (non-hydrogen) atoms. The zero-order valence-electron chi connectivity index (χ0n) is 10.7. The molecule has 112 valence electrons. The number of amides is 1. The number of halogens is 1. The van der Waals surface area contributed by atoms with Crippen LogP contribution >= 0.6 is 11.8 Å². The van der Waals surface area contributed by atoms with Crippen molar-refractivity contribution in [2.75, 3.05) is 18.1 Å². The van der Waals surface area contributed by atoms with E-state index in [1.807, 2.05) is 0 Å². The number of rotatable bonds is 3. The van der Waals surface area contributed by atoms with Gasteiger partial charge in [-0.1, -0.05) is 0 Å². The summed E-state index contributed by atoms with van der Waals surface area (Å²) in [6.07, 6.45) is 0. The molecule has 1 atom stereocenters. The summed E-state index contributed by atoms with van der Waals surface area (Å²) in [7, 11) is 0. The minimum Gasteiger partial charge on any atom is -0.480 e. The number of aliphatic carboxylic acids is 1. The highest BCUT2D eigenvalue weighted by molar-refractivity contribution is 7.99. The first-order chi connectivity index (χ1) is 9.91. The van der Waals surface area contributed by atoms with Crippen LogP contribution in [0.2, 0.25) is 0 Å². The number of carbonyl (C=O) groups is 2. The molecule has 1 aliphatic heterocycles. The second-order valence-electron chi connectivity index (χ2n) is 4.35. The van der Waals surface area contributed by atoms with Gasteiger partial charge >= 0.3 is 5.97 Å². The van der Waals surface area contributed by atoms with Crippen molar-refractivity contribution in [2.24, 2.45) is 0 Å². The molecule has 0 saturated carbocycles. The van der Waals surface area contributed by atoms with E-state index in [1.54, 1.807) is 0 Å². The van der Waals surface area contributed by atoms with Gasteiger partial charge in [0, 0.05) is 30.2 Å². The van der Waals surface area contributed by atoms with Crippen molar-refractivity contribution in [3.05, 3.63) is 39.7 Å². The fourth-order valence-electron chi connectivity index (χ4n) is 2.00. The number of hydrogen-bond donors (Lipinski definition) is 1. The predicted molar refractivity (Wildman–Crippen MR) is 72.8 cm³/mol. The number of non-ortho nitro benzene ring substituents is 1. The average molecular weight is 314 g/mol. The summed E-state index contributed by atoms with van der Waals surface area (Å²) in [5.41, 5.74) is -0.902. The number of carboxylic acid groups (broad SMARTS) is 1. The van der Waals surface area contributed by atoms with Crippen molar-refractivity contribution in [1.29, 1.82) is 0 Å². The lowest BCUT2D eigenvalue weighted by atomic mass is 10.1. The van der Waals surface area contributed by atoms with Crippen LogP contribution in [-0.4, -0.2) is 50.9 Å². The summed E-state index contributed by atoms with van der Waals surface area (Å²) in [6, 6.07) is 1.56. The summed E-state index contributed by atoms with van der Waals surface area (Å²) in [4.78, 5) is 34.5. The van der Waals surface area contributed by atoms with Gasteiger partial charge in [-0.25, -0.2) is 9.18 Å². The number of carboxylic acids is 1. The van der Waals surface area contributed by atoms with Crippen LogP contribution < -0.4 is 0 Å². The number of benzene rings is 1. The zero-order chi connectivity index (χ0) is 15.6. The lowest BCUT2D eigenvalue weighted by Gasteiger charge is -2.32. The summed E-state index contributed by atoms with van der Waals surface area (Å²) in [5.74, 6) is -2.19. The molecule has 9 heteroatoms. The van der Waals surface area contributed by atoms with E-state index in [2.05, 4.69) is 0 Å². The van der Waals surface area contributed by atoms with Crippen LogP contribution in [-0.2, 0) is 4.79 Å². The Balaban J connectivity index is 2.36. The normalized spacial score (nSPS) is 18.3. The van der Waals surface area contributed by atoms with Gasteiger partial charge in [0.05, 0.1) is 10.5 Å². The van der Waals surface area contributed by atoms with Crippen LogP contribution in [0, 0.1) is 15.9 Å². The number of nitro benzene ring substituents is 1. The molecule has 0 spiro atoms. The molecule has 1 heterocycles. The Morgan fingerprint density at radius 1 is 1.48 bits per heavy atom. The van der Waals surface area contributed by atoms with E-state index in [0.717, 1.165) is 23.1 Å². The van der Waals surface area contributed by atoms with Crippen LogP contribution in [0.1, 0.15) is 10.4 Å². The summed E-state index contributed by atoms with van der Waals surface area (Å²) >= 11 is 1.38. The molecule has 1 amide bonds.